The van der Waals surface area contributed by atoms with Gasteiger partial charge in [0, 0.05) is 38.3 Å². The van der Waals surface area contributed by atoms with Gasteiger partial charge in [0.05, 0.1) is 22.8 Å². The van der Waals surface area contributed by atoms with Crippen molar-refractivity contribution in [3.8, 4) is 0 Å². The Bertz CT molecular complexity index is 1250. The normalized spacial score (nSPS) is 15.0. The molecule has 0 bridgehead atoms. The largest absolute Gasteiger partial charge is 0.353 e. The third-order valence-electron chi connectivity index (χ3n) is 5.54. The number of nitrogens with one attached hydrogen (secondary N) is 2. The van der Waals surface area contributed by atoms with Crippen LogP contribution in [0, 0.1) is 17.5 Å². The molecule has 180 valence electrons. The van der Waals surface area contributed by atoms with Crippen molar-refractivity contribution in [3.63, 3.8) is 0 Å². The number of benzene rings is 2. The van der Waals surface area contributed by atoms with E-state index in [4.69, 9.17) is 4.55 Å². The number of aryl methyl sites for hydroxylation is 1. The quantitative estimate of drug-likeness (QED) is 0.191. The topological polar surface area (TPSA) is 107 Å². The SMILES string of the molecule is O=C(c1ccc2ncc(N3CCNCC3)nc2c1)c1c(F)c(F)cc(CCCNS(=O)O)c1F. The van der Waals surface area contributed by atoms with Crippen LogP contribution in [0.25, 0.3) is 11.0 Å². The van der Waals surface area contributed by atoms with E-state index in [0.717, 1.165) is 26.2 Å². The Hall–Kier alpha value is -2.93. The molecule has 4 rings (SSSR count). The highest BCUT2D eigenvalue weighted by Crippen LogP contribution is 2.26. The monoisotopic (exact) mass is 493 g/mol. The van der Waals surface area contributed by atoms with Crippen LogP contribution < -0.4 is 14.9 Å². The number of rotatable bonds is 8. The van der Waals surface area contributed by atoms with Gasteiger partial charge in [0.25, 0.3) is 0 Å². The lowest BCUT2D eigenvalue weighted by molar-refractivity contribution is 0.102. The molecule has 1 atom stereocenters. The Morgan fingerprint density at radius 3 is 2.65 bits per heavy atom. The summed E-state index contributed by atoms with van der Waals surface area (Å²) < 4.78 is 65.4. The number of fused-ring (bicyclic) bond motifs is 1. The number of halogens is 3. The molecule has 8 nitrogen and oxygen atoms in total. The van der Waals surface area contributed by atoms with Gasteiger partial charge in [0.1, 0.15) is 11.6 Å². The molecule has 1 aromatic heterocycles. The van der Waals surface area contributed by atoms with Crippen molar-refractivity contribution in [1.82, 2.24) is 20.0 Å². The van der Waals surface area contributed by atoms with Gasteiger partial charge < -0.3 is 10.2 Å². The summed E-state index contributed by atoms with van der Waals surface area (Å²) in [6.07, 6.45) is 1.74. The van der Waals surface area contributed by atoms with Gasteiger partial charge in [-0.3, -0.25) is 14.3 Å². The average molecular weight is 494 g/mol. The van der Waals surface area contributed by atoms with E-state index in [2.05, 4.69) is 20.0 Å². The highest BCUT2D eigenvalue weighted by Gasteiger charge is 2.25. The first-order valence-corrected chi connectivity index (χ1v) is 11.7. The van der Waals surface area contributed by atoms with E-state index in [0.29, 0.717) is 22.9 Å². The van der Waals surface area contributed by atoms with Crippen LogP contribution in [0.2, 0.25) is 0 Å². The van der Waals surface area contributed by atoms with Crippen LogP contribution in [0.3, 0.4) is 0 Å². The molecule has 1 aliphatic heterocycles. The van der Waals surface area contributed by atoms with E-state index in [1.165, 1.54) is 18.2 Å². The maximum absolute atomic E-state index is 15.1. The summed E-state index contributed by atoms with van der Waals surface area (Å²) in [6.45, 7) is 3.12. The van der Waals surface area contributed by atoms with E-state index in [9.17, 15) is 17.8 Å². The second kappa shape index (κ2) is 10.6. The fourth-order valence-electron chi connectivity index (χ4n) is 3.81. The zero-order valence-corrected chi connectivity index (χ0v) is 18.8. The van der Waals surface area contributed by atoms with Crippen molar-refractivity contribution >= 4 is 33.9 Å². The average Bonchev–Trinajstić information content (AvgIpc) is 2.84. The Balaban J connectivity index is 1.64. The Morgan fingerprint density at radius 1 is 1.15 bits per heavy atom. The summed E-state index contributed by atoms with van der Waals surface area (Å²) >= 11 is -2.24. The second-order valence-electron chi connectivity index (χ2n) is 7.77. The smallest absolute Gasteiger partial charge is 0.231 e. The Labute approximate surface area is 196 Å². The highest BCUT2D eigenvalue weighted by atomic mass is 32.2. The number of carbonyl (C=O) groups excluding carboxylic acids is 1. The van der Waals surface area contributed by atoms with Gasteiger partial charge in [-0.1, -0.05) is 0 Å². The zero-order chi connectivity index (χ0) is 24.2. The van der Waals surface area contributed by atoms with Gasteiger partial charge in [-0.15, -0.1) is 0 Å². The van der Waals surface area contributed by atoms with Gasteiger partial charge in [-0.2, -0.15) is 0 Å². The van der Waals surface area contributed by atoms with Gasteiger partial charge in [-0.25, -0.2) is 27.1 Å². The number of anilines is 1. The molecule has 0 aliphatic carbocycles. The lowest BCUT2D eigenvalue weighted by atomic mass is 9.97. The molecule has 0 saturated carbocycles. The lowest BCUT2D eigenvalue weighted by Crippen LogP contribution is -2.43. The fourth-order valence-corrected chi connectivity index (χ4v) is 4.13. The molecule has 0 amide bonds. The van der Waals surface area contributed by atoms with Crippen molar-refractivity contribution in [2.24, 2.45) is 0 Å². The van der Waals surface area contributed by atoms with Crippen molar-refractivity contribution < 1.29 is 26.7 Å². The number of aromatic nitrogens is 2. The molecule has 0 spiro atoms. The molecule has 12 heteroatoms. The molecule has 3 N–H and O–H groups in total. The number of piperazine rings is 1. The highest BCUT2D eigenvalue weighted by molar-refractivity contribution is 7.77. The minimum Gasteiger partial charge on any atom is -0.353 e. The minimum absolute atomic E-state index is 0.0452. The molecule has 1 saturated heterocycles. The zero-order valence-electron chi connectivity index (χ0n) is 18.0. The lowest BCUT2D eigenvalue weighted by Gasteiger charge is -2.28. The van der Waals surface area contributed by atoms with Crippen LogP contribution in [0.5, 0.6) is 0 Å². The Morgan fingerprint density at radius 2 is 1.91 bits per heavy atom. The number of hydrogen-bond acceptors (Lipinski definition) is 6. The van der Waals surface area contributed by atoms with Gasteiger partial charge in [0.15, 0.2) is 17.4 Å². The van der Waals surface area contributed by atoms with Crippen LogP contribution in [0.15, 0.2) is 30.5 Å². The molecule has 2 heterocycles. The van der Waals surface area contributed by atoms with Crippen LogP contribution in [-0.4, -0.2) is 57.2 Å². The standard InChI is InChI=1S/C22H22F3N5O3S/c23-15-10-13(2-1-5-28-34(32)33)20(24)19(21(15)25)22(31)14-3-4-16-17(11-14)29-18(12-27-16)30-8-6-26-7-9-30/h3-4,10-12,26,28H,1-2,5-9H2,(H,32,33). The summed E-state index contributed by atoms with van der Waals surface area (Å²) in [6, 6.07) is 4.98. The predicted octanol–water partition coefficient (Wildman–Crippen LogP) is 2.35. The predicted molar refractivity (Wildman–Crippen MR) is 121 cm³/mol. The summed E-state index contributed by atoms with van der Waals surface area (Å²) in [5.74, 6) is -4.46. The van der Waals surface area contributed by atoms with Gasteiger partial charge in [-0.05, 0) is 42.7 Å². The summed E-state index contributed by atoms with van der Waals surface area (Å²) in [5.41, 5.74) is -0.355. The van der Waals surface area contributed by atoms with Crippen LogP contribution in [-0.2, 0) is 17.7 Å². The molecule has 1 unspecified atom stereocenters. The number of nitrogens with zero attached hydrogens (tertiary/aromatic N) is 3. The number of carbonyl (C=O) groups is 1. The summed E-state index contributed by atoms with van der Waals surface area (Å²) in [5, 5.41) is 3.24. The van der Waals surface area contributed by atoms with E-state index < -0.39 is 40.1 Å². The van der Waals surface area contributed by atoms with Gasteiger partial charge in [0.2, 0.25) is 11.3 Å². The van der Waals surface area contributed by atoms with Crippen molar-refractivity contribution in [3.05, 3.63) is 64.6 Å². The molecule has 1 fully saturated rings. The maximum atomic E-state index is 15.1. The first kappa shape index (κ1) is 24.2. The van der Waals surface area contributed by atoms with Crippen LogP contribution in [0.1, 0.15) is 27.9 Å². The Kier molecular flexibility index (Phi) is 7.51. The maximum Gasteiger partial charge on any atom is 0.231 e. The molecule has 0 radical (unpaired) electrons. The second-order valence-corrected chi connectivity index (χ2v) is 8.55. The number of ketones is 1. The van der Waals surface area contributed by atoms with Gasteiger partial charge >= 0.3 is 0 Å². The third-order valence-corrected chi connectivity index (χ3v) is 5.99. The molecular formula is C22H22F3N5O3S. The molecule has 34 heavy (non-hydrogen) atoms. The molecule has 3 aromatic rings. The minimum atomic E-state index is -2.24. The molecule has 2 aromatic carbocycles. The molecule has 1 aliphatic rings. The summed E-state index contributed by atoms with van der Waals surface area (Å²) in [4.78, 5) is 24.0. The first-order chi connectivity index (χ1) is 16.3. The van der Waals surface area contributed by atoms with Crippen molar-refractivity contribution in [1.29, 1.82) is 0 Å². The van der Waals surface area contributed by atoms with Crippen molar-refractivity contribution in [2.45, 2.75) is 12.8 Å². The first-order valence-electron chi connectivity index (χ1n) is 10.6. The van der Waals surface area contributed by atoms with Crippen molar-refractivity contribution in [2.75, 3.05) is 37.6 Å². The van der Waals surface area contributed by atoms with E-state index in [1.807, 2.05) is 4.90 Å². The summed E-state index contributed by atoms with van der Waals surface area (Å²) in [7, 11) is 0. The van der Waals surface area contributed by atoms with E-state index >= 15 is 4.39 Å². The van der Waals surface area contributed by atoms with E-state index in [-0.39, 0.29) is 30.5 Å². The number of hydrogen-bond donors (Lipinski definition) is 3. The van der Waals surface area contributed by atoms with E-state index in [1.54, 1.807) is 6.20 Å². The fraction of sp³-hybridized carbons (Fsp3) is 0.318. The molecular weight excluding hydrogens is 471 g/mol. The van der Waals surface area contributed by atoms with Crippen LogP contribution in [0.4, 0.5) is 19.0 Å². The third kappa shape index (κ3) is 5.25. The van der Waals surface area contributed by atoms with Crippen LogP contribution >= 0.6 is 0 Å².